The molecule has 0 unspecified atom stereocenters. The van der Waals surface area contributed by atoms with E-state index in [2.05, 4.69) is 24.1 Å². The number of carbonyl (C=O) groups excluding carboxylic acids is 1. The highest BCUT2D eigenvalue weighted by atomic mass is 16.1. The quantitative estimate of drug-likeness (QED) is 0.803. The molecule has 1 fully saturated rings. The van der Waals surface area contributed by atoms with Crippen molar-refractivity contribution in [2.75, 3.05) is 30.8 Å². The summed E-state index contributed by atoms with van der Waals surface area (Å²) in [6.07, 6.45) is 2.43. The summed E-state index contributed by atoms with van der Waals surface area (Å²) >= 11 is 0. The third kappa shape index (κ3) is 3.00. The SMILES string of the molecule is CNC(=O)c1ccc(N2CCCC(C)(C)C2)c(N)c1. The highest BCUT2D eigenvalue weighted by molar-refractivity contribution is 5.96. The zero-order chi connectivity index (χ0) is 14.0. The number of hydrogen-bond donors (Lipinski definition) is 2. The minimum Gasteiger partial charge on any atom is -0.397 e. The van der Waals surface area contributed by atoms with Crippen LogP contribution in [0.15, 0.2) is 18.2 Å². The first kappa shape index (κ1) is 13.7. The van der Waals surface area contributed by atoms with Crippen LogP contribution in [-0.4, -0.2) is 26.0 Å². The summed E-state index contributed by atoms with van der Waals surface area (Å²) in [7, 11) is 1.62. The van der Waals surface area contributed by atoms with E-state index in [1.807, 2.05) is 12.1 Å². The predicted molar refractivity (Wildman–Crippen MR) is 79.5 cm³/mol. The summed E-state index contributed by atoms with van der Waals surface area (Å²) < 4.78 is 0. The summed E-state index contributed by atoms with van der Waals surface area (Å²) in [5.41, 5.74) is 8.77. The summed E-state index contributed by atoms with van der Waals surface area (Å²) in [4.78, 5) is 13.9. The maximum Gasteiger partial charge on any atom is 0.251 e. The van der Waals surface area contributed by atoms with Gasteiger partial charge in [0.2, 0.25) is 0 Å². The van der Waals surface area contributed by atoms with E-state index < -0.39 is 0 Å². The van der Waals surface area contributed by atoms with Gasteiger partial charge in [-0.1, -0.05) is 13.8 Å². The number of nitrogens with zero attached hydrogens (tertiary/aromatic N) is 1. The van der Waals surface area contributed by atoms with Gasteiger partial charge in [-0.25, -0.2) is 0 Å². The number of anilines is 2. The maximum absolute atomic E-state index is 11.6. The molecule has 104 valence electrons. The van der Waals surface area contributed by atoms with Gasteiger partial charge in [0.05, 0.1) is 11.4 Å². The van der Waals surface area contributed by atoms with Crippen LogP contribution in [0.4, 0.5) is 11.4 Å². The average Bonchev–Trinajstić information content (AvgIpc) is 2.36. The Morgan fingerprint density at radius 2 is 2.16 bits per heavy atom. The number of benzene rings is 1. The van der Waals surface area contributed by atoms with Crippen molar-refractivity contribution in [1.82, 2.24) is 5.32 Å². The van der Waals surface area contributed by atoms with Gasteiger partial charge in [0.15, 0.2) is 0 Å². The van der Waals surface area contributed by atoms with Gasteiger partial charge in [-0.15, -0.1) is 0 Å². The first-order chi connectivity index (χ1) is 8.93. The number of nitrogens with one attached hydrogen (secondary N) is 1. The Bertz CT molecular complexity index is 482. The van der Waals surface area contributed by atoms with Crippen molar-refractivity contribution in [2.45, 2.75) is 26.7 Å². The van der Waals surface area contributed by atoms with Crippen LogP contribution in [0.2, 0.25) is 0 Å². The molecule has 0 spiro atoms. The molecular formula is C15H23N3O. The molecule has 2 rings (SSSR count). The molecule has 1 aliphatic rings. The fourth-order valence-electron chi connectivity index (χ4n) is 2.76. The van der Waals surface area contributed by atoms with E-state index in [1.54, 1.807) is 13.1 Å². The van der Waals surface area contributed by atoms with Gasteiger partial charge in [0.1, 0.15) is 0 Å². The van der Waals surface area contributed by atoms with Crippen LogP contribution in [0.1, 0.15) is 37.0 Å². The Morgan fingerprint density at radius 3 is 2.74 bits per heavy atom. The monoisotopic (exact) mass is 261 g/mol. The van der Waals surface area contributed by atoms with E-state index in [4.69, 9.17) is 5.73 Å². The second-order valence-electron chi connectivity index (χ2n) is 6.04. The van der Waals surface area contributed by atoms with Gasteiger partial charge in [0, 0.05) is 25.7 Å². The van der Waals surface area contributed by atoms with E-state index in [0.29, 0.717) is 16.7 Å². The summed E-state index contributed by atoms with van der Waals surface area (Å²) in [6.45, 7) is 6.62. The van der Waals surface area contributed by atoms with Crippen LogP contribution in [0, 0.1) is 5.41 Å². The average molecular weight is 261 g/mol. The van der Waals surface area contributed by atoms with Crippen LogP contribution in [0.25, 0.3) is 0 Å². The molecule has 1 aromatic rings. The molecule has 3 N–H and O–H groups in total. The van der Waals surface area contributed by atoms with Crippen LogP contribution in [-0.2, 0) is 0 Å². The van der Waals surface area contributed by atoms with Crippen molar-refractivity contribution in [2.24, 2.45) is 5.41 Å². The standard InChI is InChI=1S/C15H23N3O/c1-15(2)7-4-8-18(10-15)13-6-5-11(9-12(13)16)14(19)17-3/h5-6,9H,4,7-8,10,16H2,1-3H3,(H,17,19). The lowest BCUT2D eigenvalue weighted by atomic mass is 9.84. The number of nitrogens with two attached hydrogens (primary N) is 1. The molecule has 0 atom stereocenters. The molecular weight excluding hydrogens is 238 g/mol. The molecule has 0 aliphatic carbocycles. The van der Waals surface area contributed by atoms with Crippen molar-refractivity contribution in [3.05, 3.63) is 23.8 Å². The zero-order valence-corrected chi connectivity index (χ0v) is 12.0. The predicted octanol–water partition coefficient (Wildman–Crippen LogP) is 2.25. The molecule has 0 bridgehead atoms. The van der Waals surface area contributed by atoms with E-state index in [9.17, 15) is 4.79 Å². The van der Waals surface area contributed by atoms with Crippen molar-refractivity contribution in [1.29, 1.82) is 0 Å². The summed E-state index contributed by atoms with van der Waals surface area (Å²) in [5.74, 6) is -0.0998. The fraction of sp³-hybridized carbons (Fsp3) is 0.533. The normalized spacial score (nSPS) is 18.2. The number of nitrogen functional groups attached to an aromatic ring is 1. The second-order valence-corrected chi connectivity index (χ2v) is 6.04. The number of piperidine rings is 1. The lowest BCUT2D eigenvalue weighted by molar-refractivity contribution is 0.0963. The topological polar surface area (TPSA) is 58.4 Å². The smallest absolute Gasteiger partial charge is 0.251 e. The highest BCUT2D eigenvalue weighted by Gasteiger charge is 2.27. The minimum atomic E-state index is -0.0998. The molecule has 1 saturated heterocycles. The van der Waals surface area contributed by atoms with E-state index in [1.165, 1.54) is 12.8 Å². The molecule has 0 aromatic heterocycles. The lowest BCUT2D eigenvalue weighted by Crippen LogP contribution is -2.40. The Morgan fingerprint density at radius 1 is 1.42 bits per heavy atom. The van der Waals surface area contributed by atoms with Crippen LogP contribution in [0.3, 0.4) is 0 Å². The fourth-order valence-corrected chi connectivity index (χ4v) is 2.76. The molecule has 1 aromatic carbocycles. The highest BCUT2D eigenvalue weighted by Crippen LogP contribution is 2.34. The van der Waals surface area contributed by atoms with Gasteiger partial charge < -0.3 is 16.0 Å². The minimum absolute atomic E-state index is 0.0998. The van der Waals surface area contributed by atoms with Crippen molar-refractivity contribution in [3.63, 3.8) is 0 Å². The van der Waals surface area contributed by atoms with E-state index >= 15 is 0 Å². The van der Waals surface area contributed by atoms with Crippen LogP contribution >= 0.6 is 0 Å². The third-order valence-corrected chi connectivity index (χ3v) is 3.76. The molecule has 19 heavy (non-hydrogen) atoms. The number of amides is 1. The molecule has 1 aliphatic heterocycles. The Kier molecular flexibility index (Phi) is 3.69. The first-order valence-electron chi connectivity index (χ1n) is 6.79. The van der Waals surface area contributed by atoms with Crippen LogP contribution in [0.5, 0.6) is 0 Å². The van der Waals surface area contributed by atoms with Gasteiger partial charge in [-0.05, 0) is 36.5 Å². The summed E-state index contributed by atoms with van der Waals surface area (Å²) in [5, 5.41) is 2.61. The number of carbonyl (C=O) groups is 1. The summed E-state index contributed by atoms with van der Waals surface area (Å²) in [6, 6.07) is 5.56. The van der Waals surface area contributed by atoms with Crippen molar-refractivity contribution in [3.8, 4) is 0 Å². The maximum atomic E-state index is 11.6. The van der Waals surface area contributed by atoms with Gasteiger partial charge >= 0.3 is 0 Å². The Hall–Kier alpha value is -1.71. The Balaban J connectivity index is 2.23. The second kappa shape index (κ2) is 5.11. The van der Waals surface area contributed by atoms with Crippen LogP contribution < -0.4 is 16.0 Å². The molecule has 0 saturated carbocycles. The lowest BCUT2D eigenvalue weighted by Gasteiger charge is -2.40. The van der Waals surface area contributed by atoms with Gasteiger partial charge in [-0.2, -0.15) is 0 Å². The largest absolute Gasteiger partial charge is 0.397 e. The molecule has 4 heteroatoms. The molecule has 1 amide bonds. The first-order valence-corrected chi connectivity index (χ1v) is 6.79. The zero-order valence-electron chi connectivity index (χ0n) is 12.0. The number of hydrogen-bond acceptors (Lipinski definition) is 3. The van der Waals surface area contributed by atoms with Gasteiger partial charge in [0.25, 0.3) is 5.91 Å². The third-order valence-electron chi connectivity index (χ3n) is 3.76. The van der Waals surface area contributed by atoms with Crippen molar-refractivity contribution < 1.29 is 4.79 Å². The van der Waals surface area contributed by atoms with E-state index in [0.717, 1.165) is 18.8 Å². The Labute approximate surface area is 115 Å². The van der Waals surface area contributed by atoms with Gasteiger partial charge in [-0.3, -0.25) is 4.79 Å². The number of rotatable bonds is 2. The molecule has 0 radical (unpaired) electrons. The van der Waals surface area contributed by atoms with E-state index in [-0.39, 0.29) is 5.91 Å². The van der Waals surface area contributed by atoms with Crippen molar-refractivity contribution >= 4 is 17.3 Å². The molecule has 4 nitrogen and oxygen atoms in total. The molecule has 1 heterocycles.